The highest BCUT2D eigenvalue weighted by atomic mass is 16.5. The predicted molar refractivity (Wildman–Crippen MR) is 88.0 cm³/mol. The van der Waals surface area contributed by atoms with Crippen molar-refractivity contribution in [1.82, 2.24) is 19.6 Å². The van der Waals surface area contributed by atoms with E-state index in [9.17, 15) is 4.79 Å². The van der Waals surface area contributed by atoms with Gasteiger partial charge in [-0.3, -0.25) is 4.79 Å². The Bertz CT molecular complexity index is 674. The lowest BCUT2D eigenvalue weighted by Gasteiger charge is -2.25. The number of ether oxygens (including phenoxy) is 1. The number of esters is 1. The molecule has 1 aliphatic rings. The van der Waals surface area contributed by atoms with E-state index in [4.69, 9.17) is 10.5 Å². The predicted octanol–water partition coefficient (Wildman–Crippen LogP) is 2.49. The minimum absolute atomic E-state index is 0.0123. The van der Waals surface area contributed by atoms with E-state index in [1.54, 1.807) is 4.52 Å². The first kappa shape index (κ1) is 17.2. The number of rotatable bonds is 2. The van der Waals surface area contributed by atoms with Crippen molar-refractivity contribution in [2.24, 2.45) is 5.92 Å². The van der Waals surface area contributed by atoms with E-state index in [2.05, 4.69) is 15.1 Å². The Balaban J connectivity index is 0.000000924. The Hall–Kier alpha value is -2.18. The summed E-state index contributed by atoms with van der Waals surface area (Å²) >= 11 is 0. The molecular formula is C16H25N5O2. The average Bonchev–Trinajstić information content (AvgIpc) is 2.94. The van der Waals surface area contributed by atoms with Crippen molar-refractivity contribution >= 4 is 17.3 Å². The van der Waals surface area contributed by atoms with Crippen LogP contribution >= 0.6 is 0 Å². The molecule has 3 rings (SSSR count). The van der Waals surface area contributed by atoms with E-state index in [-0.39, 0.29) is 11.9 Å². The van der Waals surface area contributed by atoms with Crippen LogP contribution in [-0.2, 0) is 9.53 Å². The second kappa shape index (κ2) is 7.39. The van der Waals surface area contributed by atoms with E-state index in [0.29, 0.717) is 11.7 Å². The molecule has 0 aliphatic heterocycles. The molecule has 1 fully saturated rings. The van der Waals surface area contributed by atoms with E-state index in [1.807, 2.05) is 20.8 Å². The molecule has 0 atom stereocenters. The minimum atomic E-state index is -0.107. The maximum absolute atomic E-state index is 11.6. The number of carbonyl (C=O) groups is 1. The number of nitrogens with two attached hydrogens (primary N) is 1. The number of imidazole rings is 1. The van der Waals surface area contributed by atoms with Crippen LogP contribution in [-0.4, -0.2) is 32.7 Å². The summed E-state index contributed by atoms with van der Waals surface area (Å²) < 4.78 is 6.62. The van der Waals surface area contributed by atoms with Gasteiger partial charge in [-0.1, -0.05) is 13.8 Å². The molecular weight excluding hydrogens is 294 g/mol. The van der Waals surface area contributed by atoms with Gasteiger partial charge in [0.2, 0.25) is 0 Å². The van der Waals surface area contributed by atoms with Crippen LogP contribution in [0, 0.1) is 12.8 Å². The van der Waals surface area contributed by atoms with Crippen molar-refractivity contribution < 1.29 is 9.53 Å². The lowest BCUT2D eigenvalue weighted by atomic mass is 9.81. The smallest absolute Gasteiger partial charge is 0.308 e. The molecule has 2 aromatic rings. The Morgan fingerprint density at radius 2 is 1.96 bits per heavy atom. The van der Waals surface area contributed by atoms with Gasteiger partial charge in [0.15, 0.2) is 5.82 Å². The Labute approximate surface area is 136 Å². The van der Waals surface area contributed by atoms with Gasteiger partial charge in [0.1, 0.15) is 17.7 Å². The molecule has 0 radical (unpaired) electrons. The standard InChI is InChI=1S/C14H19N5O2.C2H6/c1-8-11-12(15)16-7-17-19(11)13(18-8)9-3-5-10(6-4-9)14(20)21-2;1-2/h7,9-10H,3-6H2,1-2H3,(H2,15,16,17);1-2H3. The lowest BCUT2D eigenvalue weighted by molar-refractivity contribution is -0.146. The highest BCUT2D eigenvalue weighted by molar-refractivity contribution is 5.72. The molecule has 23 heavy (non-hydrogen) atoms. The Morgan fingerprint density at radius 3 is 2.57 bits per heavy atom. The van der Waals surface area contributed by atoms with Crippen molar-refractivity contribution in [1.29, 1.82) is 0 Å². The summed E-state index contributed by atoms with van der Waals surface area (Å²) in [5.74, 6) is 1.56. The van der Waals surface area contributed by atoms with Crippen LogP contribution in [0.2, 0.25) is 0 Å². The molecule has 7 heteroatoms. The van der Waals surface area contributed by atoms with Crippen molar-refractivity contribution in [3.8, 4) is 0 Å². The number of fused-ring (bicyclic) bond motifs is 1. The molecule has 126 valence electrons. The van der Waals surface area contributed by atoms with Crippen LogP contribution in [0.5, 0.6) is 0 Å². The number of nitrogen functional groups attached to an aromatic ring is 1. The maximum atomic E-state index is 11.6. The Kier molecular flexibility index (Phi) is 5.52. The van der Waals surface area contributed by atoms with E-state index in [0.717, 1.165) is 42.7 Å². The second-order valence-corrected chi connectivity index (χ2v) is 5.53. The summed E-state index contributed by atoms with van der Waals surface area (Å²) in [5.41, 5.74) is 7.53. The summed E-state index contributed by atoms with van der Waals surface area (Å²) in [4.78, 5) is 20.2. The first-order chi connectivity index (χ1) is 11.1. The summed E-state index contributed by atoms with van der Waals surface area (Å²) in [7, 11) is 1.44. The summed E-state index contributed by atoms with van der Waals surface area (Å²) in [6.45, 7) is 5.92. The SMILES string of the molecule is CC.COC(=O)C1CCC(c2nc(C)c3c(N)ncnn23)CC1. The molecule has 2 aromatic heterocycles. The second-order valence-electron chi connectivity index (χ2n) is 5.53. The third-order valence-electron chi connectivity index (χ3n) is 4.29. The molecule has 2 heterocycles. The molecule has 7 nitrogen and oxygen atoms in total. The number of carbonyl (C=O) groups excluding carboxylic acids is 1. The van der Waals surface area contributed by atoms with Crippen LogP contribution in [0.1, 0.15) is 57.0 Å². The largest absolute Gasteiger partial charge is 0.469 e. The summed E-state index contributed by atoms with van der Waals surface area (Å²) in [6, 6.07) is 0. The number of methoxy groups -OCH3 is 1. The zero-order chi connectivity index (χ0) is 17.0. The Morgan fingerprint density at radius 1 is 1.30 bits per heavy atom. The molecule has 0 amide bonds. The van der Waals surface area contributed by atoms with Crippen LogP contribution in [0.25, 0.3) is 5.52 Å². The van der Waals surface area contributed by atoms with Crippen molar-refractivity contribution in [3.63, 3.8) is 0 Å². The summed E-state index contributed by atoms with van der Waals surface area (Å²) in [6.07, 6.45) is 4.91. The fraction of sp³-hybridized carbons (Fsp3) is 0.625. The summed E-state index contributed by atoms with van der Waals surface area (Å²) in [5, 5.41) is 4.28. The van der Waals surface area contributed by atoms with E-state index < -0.39 is 0 Å². The van der Waals surface area contributed by atoms with Crippen LogP contribution in [0.3, 0.4) is 0 Å². The molecule has 1 aliphatic carbocycles. The van der Waals surface area contributed by atoms with Gasteiger partial charge in [-0.2, -0.15) is 5.10 Å². The number of hydrogen-bond donors (Lipinski definition) is 1. The zero-order valence-corrected chi connectivity index (χ0v) is 14.2. The first-order valence-corrected chi connectivity index (χ1v) is 8.15. The van der Waals surface area contributed by atoms with Crippen molar-refractivity contribution in [2.75, 3.05) is 12.8 Å². The molecule has 0 aromatic carbocycles. The van der Waals surface area contributed by atoms with Gasteiger partial charge in [0.25, 0.3) is 0 Å². The monoisotopic (exact) mass is 319 g/mol. The topological polar surface area (TPSA) is 95.4 Å². The van der Waals surface area contributed by atoms with E-state index in [1.165, 1.54) is 13.4 Å². The zero-order valence-electron chi connectivity index (χ0n) is 14.2. The molecule has 2 N–H and O–H groups in total. The van der Waals surface area contributed by atoms with Gasteiger partial charge in [0.05, 0.1) is 18.7 Å². The van der Waals surface area contributed by atoms with Gasteiger partial charge >= 0.3 is 5.97 Å². The number of aryl methyl sites for hydroxylation is 1. The van der Waals surface area contributed by atoms with Crippen LogP contribution in [0.15, 0.2) is 6.33 Å². The molecule has 0 saturated heterocycles. The lowest BCUT2D eigenvalue weighted by Crippen LogP contribution is -2.23. The number of anilines is 1. The fourth-order valence-electron chi connectivity index (χ4n) is 3.17. The van der Waals surface area contributed by atoms with Gasteiger partial charge < -0.3 is 10.5 Å². The molecule has 0 bridgehead atoms. The quantitative estimate of drug-likeness (QED) is 0.854. The van der Waals surface area contributed by atoms with Crippen molar-refractivity contribution in [3.05, 3.63) is 17.8 Å². The maximum Gasteiger partial charge on any atom is 0.308 e. The van der Waals surface area contributed by atoms with Gasteiger partial charge in [0, 0.05) is 5.92 Å². The number of hydrogen-bond acceptors (Lipinski definition) is 6. The third-order valence-corrected chi connectivity index (χ3v) is 4.29. The van der Waals surface area contributed by atoms with Gasteiger partial charge in [-0.25, -0.2) is 14.5 Å². The van der Waals surface area contributed by atoms with E-state index >= 15 is 0 Å². The molecule has 0 spiro atoms. The molecule has 0 unspecified atom stereocenters. The fourth-order valence-corrected chi connectivity index (χ4v) is 3.17. The van der Waals surface area contributed by atoms with Crippen LogP contribution in [0.4, 0.5) is 5.82 Å². The van der Waals surface area contributed by atoms with Crippen molar-refractivity contribution in [2.45, 2.75) is 52.4 Å². The molecule has 1 saturated carbocycles. The number of aromatic nitrogens is 4. The van der Waals surface area contributed by atoms with Gasteiger partial charge in [-0.15, -0.1) is 0 Å². The normalized spacial score (nSPS) is 20.7. The highest BCUT2D eigenvalue weighted by Crippen LogP contribution is 2.36. The minimum Gasteiger partial charge on any atom is -0.469 e. The average molecular weight is 319 g/mol. The first-order valence-electron chi connectivity index (χ1n) is 8.15. The third kappa shape index (κ3) is 3.28. The van der Waals surface area contributed by atoms with Crippen LogP contribution < -0.4 is 5.73 Å². The number of nitrogens with zero attached hydrogens (tertiary/aromatic N) is 4. The van der Waals surface area contributed by atoms with Gasteiger partial charge in [-0.05, 0) is 32.6 Å². The highest BCUT2D eigenvalue weighted by Gasteiger charge is 2.30.